The minimum atomic E-state index is -0.201. The van der Waals surface area contributed by atoms with Crippen LogP contribution in [0.25, 0.3) is 16.6 Å². The number of carbonyl (C=O) groups excluding carboxylic acids is 1. The van der Waals surface area contributed by atoms with Crippen LogP contribution in [0.2, 0.25) is 0 Å². The maximum atomic E-state index is 12.9. The van der Waals surface area contributed by atoms with Gasteiger partial charge in [-0.2, -0.15) is 0 Å². The molecule has 1 atom stereocenters. The number of carbonyl (C=O) groups is 1. The predicted octanol–water partition coefficient (Wildman–Crippen LogP) is 1.50. The molecule has 0 fully saturated rings. The summed E-state index contributed by atoms with van der Waals surface area (Å²) in [5.74, 6) is -0.201. The first kappa shape index (κ1) is 17.2. The maximum Gasteiger partial charge on any atom is 0.350 e. The number of aryl methyl sites for hydroxylation is 1. The van der Waals surface area contributed by atoms with Crippen LogP contribution in [-0.4, -0.2) is 39.8 Å². The van der Waals surface area contributed by atoms with E-state index in [1.165, 1.54) is 11.8 Å². The van der Waals surface area contributed by atoms with Gasteiger partial charge in [0.15, 0.2) is 5.65 Å². The molecule has 3 aromatic rings. The first-order chi connectivity index (χ1) is 12.0. The number of methoxy groups -OCH3 is 1. The summed E-state index contributed by atoms with van der Waals surface area (Å²) < 4.78 is 7.89. The Balaban J connectivity index is 2.01. The zero-order chi connectivity index (χ0) is 18.0. The molecule has 0 radical (unpaired) electrons. The highest BCUT2D eigenvalue weighted by Gasteiger charge is 2.17. The Labute approximate surface area is 145 Å². The van der Waals surface area contributed by atoms with E-state index in [4.69, 9.17) is 4.74 Å². The number of para-hydroxylation sites is 1. The molecule has 2 aromatic heterocycles. The topological polar surface area (TPSA) is 77.6 Å². The summed E-state index contributed by atoms with van der Waals surface area (Å²) >= 11 is 0. The average Bonchev–Trinajstić information content (AvgIpc) is 2.92. The number of aromatic nitrogens is 3. The molecule has 0 saturated carbocycles. The predicted molar refractivity (Wildman–Crippen MR) is 95.8 cm³/mol. The van der Waals surface area contributed by atoms with Crippen LogP contribution in [-0.2, 0) is 16.1 Å². The lowest BCUT2D eigenvalue weighted by atomic mass is 10.1. The molecule has 25 heavy (non-hydrogen) atoms. The molecule has 0 bridgehead atoms. The molecule has 1 N–H and O–H groups in total. The van der Waals surface area contributed by atoms with Crippen LogP contribution in [0.15, 0.2) is 35.1 Å². The van der Waals surface area contributed by atoms with Gasteiger partial charge < -0.3 is 10.1 Å². The van der Waals surface area contributed by atoms with E-state index in [9.17, 15) is 9.59 Å². The molecule has 0 aliphatic rings. The van der Waals surface area contributed by atoms with Crippen LogP contribution in [0.4, 0.5) is 0 Å². The molecule has 0 aliphatic carbocycles. The summed E-state index contributed by atoms with van der Waals surface area (Å²) in [6.07, 6.45) is 0.690. The van der Waals surface area contributed by atoms with E-state index in [-0.39, 0.29) is 24.2 Å². The minimum absolute atomic E-state index is 0.000308. The fourth-order valence-electron chi connectivity index (χ4n) is 3.00. The fourth-order valence-corrected chi connectivity index (χ4v) is 3.00. The lowest BCUT2D eigenvalue weighted by molar-refractivity contribution is -0.125. The van der Waals surface area contributed by atoms with Crippen LogP contribution in [0.3, 0.4) is 0 Å². The van der Waals surface area contributed by atoms with Crippen LogP contribution in [0, 0.1) is 6.92 Å². The van der Waals surface area contributed by atoms with E-state index in [1.807, 2.05) is 44.2 Å². The summed E-state index contributed by atoms with van der Waals surface area (Å²) in [5, 5.41) is 8.35. The second-order valence-electron chi connectivity index (χ2n) is 6.12. The summed E-state index contributed by atoms with van der Waals surface area (Å²) in [7, 11) is 1.47. The second-order valence-corrected chi connectivity index (χ2v) is 6.12. The van der Waals surface area contributed by atoms with Crippen LogP contribution < -0.4 is 11.0 Å². The summed E-state index contributed by atoms with van der Waals surface area (Å²) in [4.78, 5) is 24.6. The highest BCUT2D eigenvalue weighted by molar-refractivity contribution is 5.83. The van der Waals surface area contributed by atoms with Gasteiger partial charge in [0.1, 0.15) is 6.61 Å². The molecule has 0 spiro atoms. The van der Waals surface area contributed by atoms with Crippen molar-refractivity contribution >= 4 is 22.5 Å². The Hall–Kier alpha value is -2.67. The van der Waals surface area contributed by atoms with Gasteiger partial charge in [-0.1, -0.05) is 25.1 Å². The summed E-state index contributed by atoms with van der Waals surface area (Å²) in [6, 6.07) is 9.58. The number of benzene rings is 1. The molecule has 7 heteroatoms. The van der Waals surface area contributed by atoms with Crippen LogP contribution in [0.5, 0.6) is 0 Å². The molecule has 0 saturated heterocycles. The second kappa shape index (κ2) is 7.06. The Morgan fingerprint density at radius 1 is 1.36 bits per heavy atom. The van der Waals surface area contributed by atoms with Crippen molar-refractivity contribution < 1.29 is 9.53 Å². The Kier molecular flexibility index (Phi) is 4.85. The van der Waals surface area contributed by atoms with Gasteiger partial charge in [-0.3, -0.25) is 4.79 Å². The van der Waals surface area contributed by atoms with Gasteiger partial charge in [-0.05, 0) is 36.4 Å². The highest BCUT2D eigenvalue weighted by Crippen LogP contribution is 2.18. The van der Waals surface area contributed by atoms with Crippen molar-refractivity contribution in [3.05, 3.63) is 46.4 Å². The monoisotopic (exact) mass is 342 g/mol. The molecule has 132 valence electrons. The van der Waals surface area contributed by atoms with Crippen molar-refractivity contribution in [1.82, 2.24) is 19.5 Å². The molecule has 2 heterocycles. The molecule has 1 aromatic carbocycles. The third-order valence-corrected chi connectivity index (χ3v) is 4.27. The fraction of sp³-hybridized carbons (Fsp3) is 0.389. The third-order valence-electron chi connectivity index (χ3n) is 4.27. The maximum absolute atomic E-state index is 12.9. The van der Waals surface area contributed by atoms with E-state index in [1.54, 1.807) is 4.40 Å². The van der Waals surface area contributed by atoms with Gasteiger partial charge in [-0.15, -0.1) is 5.10 Å². The largest absolute Gasteiger partial charge is 0.375 e. The number of fused-ring (bicyclic) bond motifs is 3. The van der Waals surface area contributed by atoms with E-state index >= 15 is 0 Å². The Morgan fingerprint density at radius 3 is 2.84 bits per heavy atom. The molecule has 7 nitrogen and oxygen atoms in total. The third kappa shape index (κ3) is 3.28. The van der Waals surface area contributed by atoms with Gasteiger partial charge in [0, 0.05) is 13.2 Å². The van der Waals surface area contributed by atoms with Crippen molar-refractivity contribution in [2.24, 2.45) is 0 Å². The summed E-state index contributed by atoms with van der Waals surface area (Å²) in [6.45, 7) is 4.22. The zero-order valence-corrected chi connectivity index (χ0v) is 14.7. The van der Waals surface area contributed by atoms with Crippen LogP contribution in [0.1, 0.15) is 18.9 Å². The molecule has 0 aliphatic heterocycles. The number of hydrogen-bond acceptors (Lipinski definition) is 4. The lowest BCUT2D eigenvalue weighted by Gasteiger charge is -2.15. The Morgan fingerprint density at radius 2 is 2.12 bits per heavy atom. The number of ether oxygens (including phenoxy) is 1. The van der Waals surface area contributed by atoms with E-state index in [0.29, 0.717) is 18.6 Å². The Bertz CT molecular complexity index is 974. The van der Waals surface area contributed by atoms with Gasteiger partial charge in [0.25, 0.3) is 0 Å². The first-order valence-electron chi connectivity index (χ1n) is 8.31. The first-order valence-corrected chi connectivity index (χ1v) is 8.31. The van der Waals surface area contributed by atoms with Gasteiger partial charge >= 0.3 is 5.69 Å². The molecule has 1 unspecified atom stereocenters. The number of amides is 1. The SMILES string of the molecule is CCC(Cn1nc2c(C)cc3ccccc3n2c1=O)NC(=O)COC. The van der Waals surface area contributed by atoms with Crippen molar-refractivity contribution in [3.8, 4) is 0 Å². The van der Waals surface area contributed by atoms with Crippen LogP contribution >= 0.6 is 0 Å². The normalized spacial score (nSPS) is 12.6. The number of nitrogens with one attached hydrogen (secondary N) is 1. The number of pyridine rings is 1. The standard InChI is InChI=1S/C18H22N4O3/c1-4-14(19-16(23)11-25-3)10-21-18(24)22-15-8-6-5-7-13(15)9-12(2)17(22)20-21/h5-9,14H,4,10-11H2,1-3H3,(H,19,23). The molecular formula is C18H22N4O3. The molecule has 3 rings (SSSR count). The van der Waals surface area contributed by atoms with Crippen molar-refractivity contribution in [2.75, 3.05) is 13.7 Å². The van der Waals surface area contributed by atoms with Gasteiger partial charge in [0.2, 0.25) is 5.91 Å². The number of nitrogens with zero attached hydrogens (tertiary/aromatic N) is 3. The molecule has 1 amide bonds. The molecular weight excluding hydrogens is 320 g/mol. The zero-order valence-electron chi connectivity index (χ0n) is 14.7. The van der Waals surface area contributed by atoms with E-state index < -0.39 is 0 Å². The minimum Gasteiger partial charge on any atom is -0.375 e. The number of hydrogen-bond donors (Lipinski definition) is 1. The summed E-state index contributed by atoms with van der Waals surface area (Å²) in [5.41, 5.74) is 2.21. The highest BCUT2D eigenvalue weighted by atomic mass is 16.5. The van der Waals surface area contributed by atoms with Crippen molar-refractivity contribution in [3.63, 3.8) is 0 Å². The van der Waals surface area contributed by atoms with Gasteiger partial charge in [0.05, 0.1) is 12.1 Å². The van der Waals surface area contributed by atoms with Gasteiger partial charge in [-0.25, -0.2) is 13.9 Å². The smallest absolute Gasteiger partial charge is 0.350 e. The van der Waals surface area contributed by atoms with E-state index in [2.05, 4.69) is 10.4 Å². The van der Waals surface area contributed by atoms with E-state index in [0.717, 1.165) is 16.5 Å². The average molecular weight is 342 g/mol. The van der Waals surface area contributed by atoms with Crippen molar-refractivity contribution in [1.29, 1.82) is 0 Å². The van der Waals surface area contributed by atoms with Crippen molar-refractivity contribution in [2.45, 2.75) is 32.9 Å². The quantitative estimate of drug-likeness (QED) is 0.736. The lowest BCUT2D eigenvalue weighted by Crippen LogP contribution is -2.41. The number of rotatable bonds is 6.